The standard InChI is InChI=1S/C4H2O3.2C4H9.Sn/c5-3-1-2-4(6)7-3;2*1-3-4-2;/h1-2H;2*1,3-4H2,2H3;. The van der Waals surface area contributed by atoms with Gasteiger partial charge in [-0.3, -0.25) is 0 Å². The van der Waals surface area contributed by atoms with Crippen LogP contribution in [-0.4, -0.2) is 33.1 Å². The van der Waals surface area contributed by atoms with Gasteiger partial charge in [0.25, 0.3) is 0 Å². The summed E-state index contributed by atoms with van der Waals surface area (Å²) >= 11 is 0.149. The van der Waals surface area contributed by atoms with Crippen LogP contribution in [0.15, 0.2) is 12.2 Å². The maximum absolute atomic E-state index is 9.92. The van der Waals surface area contributed by atoms with Crippen molar-refractivity contribution in [1.82, 2.24) is 0 Å². The average Bonchev–Trinajstić information content (AvgIpc) is 2.63. The topological polar surface area (TPSA) is 43.4 Å². The van der Waals surface area contributed by atoms with Gasteiger partial charge in [-0.2, -0.15) is 0 Å². The number of hydrogen-bond acceptors (Lipinski definition) is 3. The molecule has 0 atom stereocenters. The smallest absolute Gasteiger partial charge is 0.338 e. The van der Waals surface area contributed by atoms with E-state index in [-0.39, 0.29) is 21.1 Å². The molecule has 0 saturated heterocycles. The van der Waals surface area contributed by atoms with E-state index in [1.165, 1.54) is 25.7 Å². The zero-order valence-electron chi connectivity index (χ0n) is 10.1. The molecule has 2 radical (unpaired) electrons. The Morgan fingerprint density at radius 2 is 1.44 bits per heavy atom. The van der Waals surface area contributed by atoms with Crippen LogP contribution in [0, 0.1) is 0 Å². The second-order valence-electron chi connectivity index (χ2n) is 3.53. The molecule has 4 heteroatoms. The maximum atomic E-state index is 9.92. The third-order valence-electron chi connectivity index (χ3n) is 1.97. The van der Waals surface area contributed by atoms with E-state index in [0.717, 1.165) is 12.2 Å². The first-order chi connectivity index (χ1) is 7.70. The van der Waals surface area contributed by atoms with E-state index in [4.69, 9.17) is 0 Å². The van der Waals surface area contributed by atoms with Gasteiger partial charge in [-0.25, -0.2) is 9.59 Å². The summed E-state index contributed by atoms with van der Waals surface area (Å²) in [7, 11) is 0. The minimum absolute atomic E-state index is 0.149. The molecule has 90 valence electrons. The van der Waals surface area contributed by atoms with Crippen molar-refractivity contribution in [2.45, 2.75) is 48.4 Å². The molecular weight excluding hydrogens is 311 g/mol. The van der Waals surface area contributed by atoms with E-state index < -0.39 is 11.9 Å². The number of carbonyl (C=O) groups excluding carboxylic acids is 2. The molecule has 0 unspecified atom stereocenters. The van der Waals surface area contributed by atoms with Crippen molar-refractivity contribution in [2.24, 2.45) is 0 Å². The van der Waals surface area contributed by atoms with Gasteiger partial charge in [0.15, 0.2) is 0 Å². The summed E-state index contributed by atoms with van der Waals surface area (Å²) in [5.74, 6) is -1.16. The van der Waals surface area contributed by atoms with E-state index in [0.29, 0.717) is 0 Å². The van der Waals surface area contributed by atoms with Crippen molar-refractivity contribution >= 4 is 33.1 Å². The molecule has 0 saturated carbocycles. The molecule has 16 heavy (non-hydrogen) atoms. The first-order valence-corrected chi connectivity index (χ1v) is 9.88. The molecule has 0 amide bonds. The van der Waals surface area contributed by atoms with Crippen LogP contribution in [0.3, 0.4) is 0 Å². The van der Waals surface area contributed by atoms with Crippen LogP contribution in [0.4, 0.5) is 0 Å². The van der Waals surface area contributed by atoms with E-state index in [1.807, 2.05) is 0 Å². The molecule has 1 aliphatic rings. The van der Waals surface area contributed by atoms with E-state index in [1.54, 1.807) is 8.87 Å². The number of cyclic esters (lactones) is 2. The minimum atomic E-state index is -0.579. The third kappa shape index (κ3) is 10.2. The second-order valence-corrected chi connectivity index (χ2v) is 7.81. The van der Waals surface area contributed by atoms with Gasteiger partial charge in [0.05, 0.1) is 0 Å². The molecule has 0 spiro atoms. The molecule has 0 aromatic carbocycles. The fraction of sp³-hybridized carbons (Fsp3) is 0.667. The van der Waals surface area contributed by atoms with Crippen molar-refractivity contribution in [3.05, 3.63) is 12.2 Å². The Bertz CT molecular complexity index is 214. The molecule has 0 aliphatic carbocycles. The number of ether oxygens (including phenoxy) is 1. The SMILES string of the molecule is CCC[CH2][Sn][CH2]CCC.O=C1C=CC(=O)O1. The Kier molecular flexibility index (Phi) is 10.9. The van der Waals surface area contributed by atoms with Gasteiger partial charge in [0.2, 0.25) is 0 Å². The summed E-state index contributed by atoms with van der Waals surface area (Å²) in [6, 6.07) is 0. The molecule has 1 heterocycles. The Hall–Kier alpha value is -0.321. The van der Waals surface area contributed by atoms with Gasteiger partial charge in [-0.15, -0.1) is 0 Å². The maximum Gasteiger partial charge on any atom is 0.338 e. The molecule has 0 N–H and O–H groups in total. The molecule has 0 fully saturated rings. The summed E-state index contributed by atoms with van der Waals surface area (Å²) in [4.78, 5) is 19.8. The zero-order valence-corrected chi connectivity index (χ0v) is 13.0. The van der Waals surface area contributed by atoms with Crippen LogP contribution in [0.2, 0.25) is 8.87 Å². The number of carbonyl (C=O) groups is 2. The van der Waals surface area contributed by atoms with Gasteiger partial charge in [0, 0.05) is 12.2 Å². The minimum Gasteiger partial charge on any atom is -0.387 e. The van der Waals surface area contributed by atoms with Crippen LogP contribution >= 0.6 is 0 Å². The summed E-state index contributed by atoms with van der Waals surface area (Å²) < 4.78 is 7.22. The largest absolute Gasteiger partial charge is 0.387 e. The third-order valence-corrected chi connectivity index (χ3v) is 6.01. The predicted octanol–water partition coefficient (Wildman–Crippen LogP) is 2.75. The van der Waals surface area contributed by atoms with Gasteiger partial charge in [0.1, 0.15) is 0 Å². The molecule has 0 aromatic heterocycles. The summed E-state index contributed by atoms with van der Waals surface area (Å²) in [5, 5.41) is 0. The quantitative estimate of drug-likeness (QED) is 0.325. The second kappa shape index (κ2) is 11.2. The van der Waals surface area contributed by atoms with Crippen LogP contribution < -0.4 is 0 Å². The van der Waals surface area contributed by atoms with Crippen LogP contribution in [0.5, 0.6) is 0 Å². The van der Waals surface area contributed by atoms with Crippen LogP contribution in [0.1, 0.15) is 39.5 Å². The number of hydrogen-bond donors (Lipinski definition) is 0. The first-order valence-electron chi connectivity index (χ1n) is 5.85. The predicted molar refractivity (Wildman–Crippen MR) is 65.4 cm³/mol. The van der Waals surface area contributed by atoms with Gasteiger partial charge in [-0.1, -0.05) is 0 Å². The summed E-state index contributed by atoms with van der Waals surface area (Å²) in [6.45, 7) is 4.58. The molecule has 3 nitrogen and oxygen atoms in total. The van der Waals surface area contributed by atoms with E-state index in [2.05, 4.69) is 18.6 Å². The Labute approximate surface area is 108 Å². The van der Waals surface area contributed by atoms with E-state index >= 15 is 0 Å². The van der Waals surface area contributed by atoms with Crippen molar-refractivity contribution in [3.8, 4) is 0 Å². The molecule has 1 aliphatic heterocycles. The first kappa shape index (κ1) is 15.7. The zero-order chi connectivity index (χ0) is 12.2. The fourth-order valence-electron chi connectivity index (χ4n) is 1.03. The molecular formula is C12H20O3Sn. The van der Waals surface area contributed by atoms with Gasteiger partial charge in [-0.05, 0) is 0 Å². The van der Waals surface area contributed by atoms with Crippen LogP contribution in [0.25, 0.3) is 0 Å². The number of rotatable bonds is 6. The monoisotopic (exact) mass is 332 g/mol. The normalized spacial score (nSPS) is 13.4. The Balaban J connectivity index is 0.000000288. The van der Waals surface area contributed by atoms with Crippen molar-refractivity contribution in [2.75, 3.05) is 0 Å². The summed E-state index contributed by atoms with van der Waals surface area (Å²) in [5.41, 5.74) is 0. The average molecular weight is 331 g/mol. The molecule has 0 aromatic rings. The van der Waals surface area contributed by atoms with Crippen molar-refractivity contribution < 1.29 is 14.3 Å². The summed E-state index contributed by atoms with van der Waals surface area (Å²) in [6.07, 6.45) is 8.01. The van der Waals surface area contributed by atoms with E-state index in [9.17, 15) is 9.59 Å². The molecule has 0 bridgehead atoms. The fourth-order valence-corrected chi connectivity index (χ4v) is 5.19. The van der Waals surface area contributed by atoms with Gasteiger partial charge < -0.3 is 4.74 Å². The number of unbranched alkanes of at least 4 members (excludes halogenated alkanes) is 2. The van der Waals surface area contributed by atoms with Crippen molar-refractivity contribution in [3.63, 3.8) is 0 Å². The molecule has 1 rings (SSSR count). The Morgan fingerprint density at radius 3 is 1.69 bits per heavy atom. The van der Waals surface area contributed by atoms with Gasteiger partial charge >= 0.3 is 81.5 Å². The Morgan fingerprint density at radius 1 is 1.00 bits per heavy atom. The van der Waals surface area contributed by atoms with Crippen LogP contribution in [-0.2, 0) is 14.3 Å². The van der Waals surface area contributed by atoms with Crippen molar-refractivity contribution in [1.29, 1.82) is 0 Å². The number of esters is 2.